The molecule has 3 N–H and O–H groups in total. The quantitative estimate of drug-likeness (QED) is 0.503. The molecule has 0 saturated carbocycles. The van der Waals surface area contributed by atoms with Crippen LogP contribution in [-0.4, -0.2) is 45.5 Å². The van der Waals surface area contributed by atoms with Gasteiger partial charge in [0.1, 0.15) is 12.2 Å². The molecule has 2 aliphatic rings. The van der Waals surface area contributed by atoms with Gasteiger partial charge >= 0.3 is 12.1 Å². The van der Waals surface area contributed by atoms with E-state index < -0.39 is 18.0 Å². The third-order valence-corrected chi connectivity index (χ3v) is 6.36. The van der Waals surface area contributed by atoms with Crippen LogP contribution in [-0.2, 0) is 16.6 Å². The van der Waals surface area contributed by atoms with Gasteiger partial charge < -0.3 is 15.2 Å². The number of nitrogens with one attached hydrogen (secondary N) is 2. The molecule has 9 nitrogen and oxygen atoms in total. The van der Waals surface area contributed by atoms with Crippen LogP contribution in [0.1, 0.15) is 40.2 Å². The summed E-state index contributed by atoms with van der Waals surface area (Å²) in [6.07, 6.45) is 3.07. The van der Waals surface area contributed by atoms with Gasteiger partial charge in [0.15, 0.2) is 5.82 Å². The average Bonchev–Trinajstić information content (AvgIpc) is 3.54. The number of rotatable bonds is 6. The Hall–Kier alpha value is -4.40. The van der Waals surface area contributed by atoms with Crippen LogP contribution in [0.5, 0.6) is 0 Å². The highest BCUT2D eigenvalue weighted by Crippen LogP contribution is 2.44. The summed E-state index contributed by atoms with van der Waals surface area (Å²) in [5.41, 5.74) is 4.92. The fraction of sp³-hybridized carbons (Fsp3) is 0.231. The second kappa shape index (κ2) is 9.09. The van der Waals surface area contributed by atoms with Gasteiger partial charge in [-0.05, 0) is 35.1 Å². The topological polar surface area (TPSA) is 123 Å². The molecule has 2 aromatic carbocycles. The Bertz CT molecular complexity index is 1310. The molecule has 0 bridgehead atoms. The van der Waals surface area contributed by atoms with Crippen LogP contribution in [0.15, 0.2) is 66.4 Å². The summed E-state index contributed by atoms with van der Waals surface area (Å²) in [6.45, 7) is 0.139. The van der Waals surface area contributed by atoms with Crippen LogP contribution >= 0.6 is 0 Å². The molecule has 0 spiro atoms. The lowest BCUT2D eigenvalue weighted by Gasteiger charge is -2.15. The minimum atomic E-state index is -0.985. The lowest BCUT2D eigenvalue weighted by molar-refractivity contribution is -0.132. The Morgan fingerprint density at radius 3 is 2.37 bits per heavy atom. The molecule has 1 heterocycles. The number of carbonyl (C=O) groups excluding carboxylic acids is 2. The molecule has 0 fully saturated rings. The van der Waals surface area contributed by atoms with Crippen molar-refractivity contribution in [1.82, 2.24) is 15.1 Å². The Morgan fingerprint density at radius 2 is 1.74 bits per heavy atom. The first-order valence-corrected chi connectivity index (χ1v) is 11.3. The number of nitrogens with zero attached hydrogens (tertiary/aromatic N) is 2. The summed E-state index contributed by atoms with van der Waals surface area (Å²) in [5.74, 6) is -1.44. The molecular formula is C26H24N4O5. The molecule has 0 radical (unpaired) electrons. The fourth-order valence-corrected chi connectivity index (χ4v) is 4.74. The van der Waals surface area contributed by atoms with Crippen molar-refractivity contribution in [1.29, 1.82) is 0 Å². The normalized spacial score (nSPS) is 16.3. The maximum absolute atomic E-state index is 12.8. The predicted octanol–water partition coefficient (Wildman–Crippen LogP) is 3.68. The fourth-order valence-electron chi connectivity index (χ4n) is 4.74. The van der Waals surface area contributed by atoms with E-state index in [2.05, 4.69) is 27.9 Å². The van der Waals surface area contributed by atoms with E-state index in [4.69, 9.17) is 9.84 Å². The third-order valence-electron chi connectivity index (χ3n) is 6.36. The molecule has 178 valence electrons. The third kappa shape index (κ3) is 4.40. The molecule has 3 aromatic rings. The summed E-state index contributed by atoms with van der Waals surface area (Å²) in [7, 11) is 1.64. The van der Waals surface area contributed by atoms with E-state index in [9.17, 15) is 14.4 Å². The second-order valence-electron chi connectivity index (χ2n) is 8.66. The van der Waals surface area contributed by atoms with E-state index in [1.54, 1.807) is 13.1 Å². The maximum atomic E-state index is 12.8. The van der Waals surface area contributed by atoms with Crippen molar-refractivity contribution in [2.45, 2.75) is 24.8 Å². The number of hydrogen-bond acceptors (Lipinski definition) is 5. The van der Waals surface area contributed by atoms with Gasteiger partial charge in [0.05, 0.1) is 0 Å². The Balaban J connectivity index is 1.24. The highest BCUT2D eigenvalue weighted by molar-refractivity contribution is 6.01. The van der Waals surface area contributed by atoms with Gasteiger partial charge in [-0.25, -0.2) is 9.59 Å². The van der Waals surface area contributed by atoms with E-state index in [-0.39, 0.29) is 41.9 Å². The van der Waals surface area contributed by atoms with E-state index in [1.165, 1.54) is 10.9 Å². The monoisotopic (exact) mass is 472 g/mol. The number of anilines is 1. The van der Waals surface area contributed by atoms with Crippen molar-refractivity contribution in [2.75, 3.05) is 11.9 Å². The van der Waals surface area contributed by atoms with Gasteiger partial charge in [-0.3, -0.25) is 14.8 Å². The van der Waals surface area contributed by atoms with Gasteiger partial charge in [-0.15, -0.1) is 0 Å². The molecule has 2 amide bonds. The Labute approximate surface area is 201 Å². The minimum Gasteiger partial charge on any atom is -0.478 e. The smallest absolute Gasteiger partial charge is 0.412 e. The number of fused-ring (bicyclic) bond motifs is 3. The van der Waals surface area contributed by atoms with Crippen molar-refractivity contribution in [2.24, 2.45) is 7.05 Å². The number of aromatic nitrogens is 2. The zero-order valence-electron chi connectivity index (χ0n) is 19.0. The first-order valence-electron chi connectivity index (χ1n) is 11.3. The molecule has 1 unspecified atom stereocenters. The van der Waals surface area contributed by atoms with Crippen molar-refractivity contribution >= 4 is 23.8 Å². The summed E-state index contributed by atoms with van der Waals surface area (Å²) in [5, 5.41) is 18.7. The number of carboxylic acids is 1. The van der Waals surface area contributed by atoms with E-state index in [1.807, 2.05) is 36.4 Å². The van der Waals surface area contributed by atoms with E-state index >= 15 is 0 Å². The van der Waals surface area contributed by atoms with Crippen LogP contribution in [0.4, 0.5) is 10.6 Å². The van der Waals surface area contributed by atoms with Crippen molar-refractivity contribution in [3.8, 4) is 11.1 Å². The first-order chi connectivity index (χ1) is 16.9. The number of aliphatic carboxylic acids is 1. The highest BCUT2D eigenvalue weighted by Gasteiger charge is 2.30. The zero-order valence-corrected chi connectivity index (χ0v) is 19.0. The Morgan fingerprint density at radius 1 is 1.09 bits per heavy atom. The second-order valence-corrected chi connectivity index (χ2v) is 8.66. The number of carboxylic acid groups (broad SMARTS) is 1. The SMILES string of the molecule is Cn1cc(C(=O)NC2CC=C(C(=O)O)C2)c(NC(=O)OCC2c3ccccc3-c3ccccc32)n1. The molecule has 5 rings (SSSR count). The van der Waals surface area contributed by atoms with Crippen molar-refractivity contribution < 1.29 is 24.2 Å². The van der Waals surface area contributed by atoms with Crippen LogP contribution in [0.3, 0.4) is 0 Å². The van der Waals surface area contributed by atoms with Crippen LogP contribution in [0, 0.1) is 0 Å². The number of ether oxygens (including phenoxy) is 1. The number of carbonyl (C=O) groups is 3. The standard InChI is InChI=1S/C26H24N4O5/c1-30-13-21(24(31)27-16-11-10-15(12-16)25(32)33)23(29-30)28-26(34)35-14-22-19-8-4-2-6-17(19)18-7-3-5-9-20(18)22/h2-10,13,16,22H,11-12,14H2,1H3,(H,27,31)(H,32,33)(H,28,29,34). The largest absolute Gasteiger partial charge is 0.478 e. The lowest BCUT2D eigenvalue weighted by atomic mass is 9.98. The van der Waals surface area contributed by atoms with Crippen molar-refractivity contribution in [3.05, 3.63) is 83.1 Å². The number of amides is 2. The zero-order chi connectivity index (χ0) is 24.5. The van der Waals surface area contributed by atoms with Crippen LogP contribution in [0.2, 0.25) is 0 Å². The molecule has 0 aliphatic heterocycles. The number of hydrogen-bond donors (Lipinski definition) is 3. The van der Waals surface area contributed by atoms with Gasteiger partial charge in [0.25, 0.3) is 5.91 Å². The van der Waals surface area contributed by atoms with Gasteiger partial charge in [-0.2, -0.15) is 5.10 Å². The molecule has 0 saturated heterocycles. The lowest BCUT2D eigenvalue weighted by Crippen LogP contribution is -2.33. The number of aryl methyl sites for hydroxylation is 1. The minimum absolute atomic E-state index is 0.0756. The molecule has 1 atom stereocenters. The van der Waals surface area contributed by atoms with Crippen molar-refractivity contribution in [3.63, 3.8) is 0 Å². The molecule has 9 heteroatoms. The summed E-state index contributed by atoms with van der Waals surface area (Å²) >= 11 is 0. The van der Waals surface area contributed by atoms with Gasteiger partial charge in [0, 0.05) is 30.8 Å². The van der Waals surface area contributed by atoms with Crippen LogP contribution < -0.4 is 10.6 Å². The molecule has 2 aliphatic carbocycles. The van der Waals surface area contributed by atoms with Gasteiger partial charge in [0.2, 0.25) is 0 Å². The summed E-state index contributed by atoms with van der Waals surface area (Å²) in [4.78, 5) is 36.6. The molecule has 35 heavy (non-hydrogen) atoms. The highest BCUT2D eigenvalue weighted by atomic mass is 16.5. The average molecular weight is 473 g/mol. The first kappa shape index (κ1) is 22.4. The van der Waals surface area contributed by atoms with Gasteiger partial charge in [-0.1, -0.05) is 54.6 Å². The summed E-state index contributed by atoms with van der Waals surface area (Å²) in [6, 6.07) is 15.8. The molecular weight excluding hydrogens is 448 g/mol. The predicted molar refractivity (Wildman–Crippen MR) is 128 cm³/mol. The number of benzene rings is 2. The summed E-state index contributed by atoms with van der Waals surface area (Å²) < 4.78 is 6.98. The van der Waals surface area contributed by atoms with E-state index in [0.717, 1.165) is 22.3 Å². The van der Waals surface area contributed by atoms with E-state index in [0.29, 0.717) is 6.42 Å². The van der Waals surface area contributed by atoms with Crippen LogP contribution in [0.25, 0.3) is 11.1 Å². The maximum Gasteiger partial charge on any atom is 0.412 e. The molecule has 1 aromatic heterocycles. The Kier molecular flexibility index (Phi) is 5.82.